The Kier molecular flexibility index (Phi) is 5.14. The fourth-order valence-electron chi connectivity index (χ4n) is 2.19. The molecule has 0 unspecified atom stereocenters. The zero-order valence-corrected chi connectivity index (χ0v) is 13.2. The lowest BCUT2D eigenvalue weighted by Gasteiger charge is -2.12. The second kappa shape index (κ2) is 6.84. The van der Waals surface area contributed by atoms with Crippen molar-refractivity contribution in [3.05, 3.63) is 39.7 Å². The van der Waals surface area contributed by atoms with Gasteiger partial charge in [-0.3, -0.25) is 9.20 Å². The molecule has 2 aromatic heterocycles. The minimum Gasteiger partial charge on any atom is -0.390 e. The molecule has 2 heterocycles. The van der Waals surface area contributed by atoms with Crippen molar-refractivity contribution in [2.45, 2.75) is 25.7 Å². The Labute approximate surface area is 142 Å². The van der Waals surface area contributed by atoms with Crippen molar-refractivity contribution in [2.75, 3.05) is 6.54 Å². The van der Waals surface area contributed by atoms with Crippen molar-refractivity contribution in [2.24, 2.45) is 0 Å². The number of aromatic nitrogens is 3. The number of hydrogen-bond acceptors (Lipinski definition) is 4. The molecular formula is C14H13F6N5O. The van der Waals surface area contributed by atoms with Gasteiger partial charge in [0, 0.05) is 36.4 Å². The lowest BCUT2D eigenvalue weighted by Crippen LogP contribution is -2.26. The Bertz CT molecular complexity index is 905. The SMILES string of the molecule is Cc1cn2c(=O)c(/C(C=N)=C/NCCC(F)(F)F)c(C(F)(F)F)nc2[nH]1. The number of aryl methyl sites for hydroxylation is 1. The van der Waals surface area contributed by atoms with Crippen LogP contribution in [-0.4, -0.2) is 33.3 Å². The lowest BCUT2D eigenvalue weighted by atomic mass is 10.1. The van der Waals surface area contributed by atoms with E-state index in [-0.39, 0.29) is 5.78 Å². The summed E-state index contributed by atoms with van der Waals surface area (Å²) in [7, 11) is 0. The summed E-state index contributed by atoms with van der Waals surface area (Å²) < 4.78 is 77.1. The number of allylic oxidation sites excluding steroid dienone is 1. The standard InChI is InChI=1S/C14H13F6N5O/c1-7-6-25-11(26)9(10(14(18,19)20)24-12(25)23-7)8(4-21)5-22-3-2-13(15,16)17/h4-6,21-22H,2-3H2,1H3,(H,23,24)/b8-5+,21-4?. The maximum absolute atomic E-state index is 13.3. The van der Waals surface area contributed by atoms with Crippen molar-refractivity contribution < 1.29 is 26.3 Å². The van der Waals surface area contributed by atoms with Crippen LogP contribution in [0.2, 0.25) is 0 Å². The van der Waals surface area contributed by atoms with Crippen LogP contribution in [0.25, 0.3) is 11.4 Å². The van der Waals surface area contributed by atoms with E-state index >= 15 is 0 Å². The first-order chi connectivity index (χ1) is 11.9. The quantitative estimate of drug-likeness (QED) is 0.423. The molecule has 2 rings (SSSR count). The van der Waals surface area contributed by atoms with E-state index in [1.54, 1.807) is 0 Å². The zero-order valence-electron chi connectivity index (χ0n) is 13.2. The van der Waals surface area contributed by atoms with Crippen LogP contribution in [0.1, 0.15) is 23.4 Å². The third-order valence-corrected chi connectivity index (χ3v) is 3.27. The number of hydrogen-bond donors (Lipinski definition) is 3. The molecule has 0 bridgehead atoms. The average Bonchev–Trinajstić information content (AvgIpc) is 2.87. The monoisotopic (exact) mass is 381 g/mol. The number of nitrogens with zero attached hydrogens (tertiary/aromatic N) is 2. The highest BCUT2D eigenvalue weighted by molar-refractivity contribution is 6.08. The highest BCUT2D eigenvalue weighted by atomic mass is 19.4. The van der Waals surface area contributed by atoms with Crippen LogP contribution in [0.5, 0.6) is 0 Å². The van der Waals surface area contributed by atoms with Crippen LogP contribution < -0.4 is 10.9 Å². The van der Waals surface area contributed by atoms with E-state index in [9.17, 15) is 31.1 Å². The van der Waals surface area contributed by atoms with E-state index in [0.717, 1.165) is 10.6 Å². The van der Waals surface area contributed by atoms with Gasteiger partial charge in [0.1, 0.15) is 0 Å². The molecule has 142 valence electrons. The van der Waals surface area contributed by atoms with Gasteiger partial charge < -0.3 is 15.7 Å². The summed E-state index contributed by atoms with van der Waals surface area (Å²) >= 11 is 0. The van der Waals surface area contributed by atoms with Gasteiger partial charge in [-0.2, -0.15) is 26.3 Å². The second-order valence-corrected chi connectivity index (χ2v) is 5.33. The third kappa shape index (κ3) is 4.24. The van der Waals surface area contributed by atoms with E-state index < -0.39 is 47.7 Å². The third-order valence-electron chi connectivity index (χ3n) is 3.27. The number of halogens is 6. The van der Waals surface area contributed by atoms with E-state index in [1.807, 2.05) is 0 Å². The molecule has 0 aromatic carbocycles. The largest absolute Gasteiger partial charge is 0.434 e. The molecule has 26 heavy (non-hydrogen) atoms. The van der Waals surface area contributed by atoms with Crippen molar-refractivity contribution in [3.63, 3.8) is 0 Å². The van der Waals surface area contributed by atoms with Gasteiger partial charge in [-0.1, -0.05) is 0 Å². The smallest absolute Gasteiger partial charge is 0.390 e. The van der Waals surface area contributed by atoms with Crippen molar-refractivity contribution >= 4 is 17.6 Å². The molecule has 0 aliphatic rings. The van der Waals surface area contributed by atoms with Crippen molar-refractivity contribution in [1.82, 2.24) is 19.7 Å². The van der Waals surface area contributed by atoms with Gasteiger partial charge in [0.15, 0.2) is 5.69 Å². The molecule has 0 saturated heterocycles. The van der Waals surface area contributed by atoms with Crippen LogP contribution in [0, 0.1) is 12.3 Å². The Hall–Kier alpha value is -2.79. The molecule has 6 nitrogen and oxygen atoms in total. The molecule has 3 N–H and O–H groups in total. The summed E-state index contributed by atoms with van der Waals surface area (Å²) in [4.78, 5) is 18.3. The Morgan fingerprint density at radius 3 is 2.54 bits per heavy atom. The molecule has 0 amide bonds. The van der Waals surface area contributed by atoms with E-state index in [2.05, 4.69) is 15.3 Å². The molecule has 0 atom stereocenters. The lowest BCUT2D eigenvalue weighted by molar-refractivity contribution is -0.141. The molecule has 12 heteroatoms. The van der Waals surface area contributed by atoms with Crippen molar-refractivity contribution in [3.8, 4) is 0 Å². The number of H-pyrrole nitrogens is 1. The number of imidazole rings is 1. The van der Waals surface area contributed by atoms with E-state index in [4.69, 9.17) is 5.41 Å². The molecular weight excluding hydrogens is 368 g/mol. The normalized spacial score (nSPS) is 13.3. The molecule has 0 radical (unpaired) electrons. The number of nitrogens with one attached hydrogen (secondary N) is 3. The van der Waals surface area contributed by atoms with Crippen molar-refractivity contribution in [1.29, 1.82) is 5.41 Å². The fourth-order valence-corrected chi connectivity index (χ4v) is 2.19. The zero-order chi connectivity index (χ0) is 19.7. The Morgan fingerprint density at radius 2 is 2.00 bits per heavy atom. The Morgan fingerprint density at radius 1 is 1.35 bits per heavy atom. The summed E-state index contributed by atoms with van der Waals surface area (Å²) in [6.45, 7) is 0.884. The van der Waals surface area contributed by atoms with Gasteiger partial charge in [0.25, 0.3) is 5.56 Å². The summed E-state index contributed by atoms with van der Waals surface area (Å²) in [5.41, 5.74) is -3.71. The summed E-state index contributed by atoms with van der Waals surface area (Å²) in [5, 5.41) is 9.43. The summed E-state index contributed by atoms with van der Waals surface area (Å²) in [5.74, 6) is -0.335. The number of alkyl halides is 6. The summed E-state index contributed by atoms with van der Waals surface area (Å²) in [6.07, 6.45) is -8.25. The molecule has 0 spiro atoms. The van der Waals surface area contributed by atoms with E-state index in [1.165, 1.54) is 13.1 Å². The molecule has 0 aliphatic heterocycles. The van der Waals surface area contributed by atoms with Crippen LogP contribution in [0.3, 0.4) is 0 Å². The minimum absolute atomic E-state index is 0.335. The summed E-state index contributed by atoms with van der Waals surface area (Å²) in [6, 6.07) is 0. The first-order valence-corrected chi connectivity index (χ1v) is 7.14. The van der Waals surface area contributed by atoms with Crippen LogP contribution in [-0.2, 0) is 6.18 Å². The molecule has 0 fully saturated rings. The topological polar surface area (TPSA) is 86.0 Å². The van der Waals surface area contributed by atoms with Gasteiger partial charge in [0.2, 0.25) is 5.78 Å². The fraction of sp³-hybridized carbons (Fsp3) is 0.357. The maximum Gasteiger partial charge on any atom is 0.434 e. The predicted molar refractivity (Wildman–Crippen MR) is 81.0 cm³/mol. The van der Waals surface area contributed by atoms with Gasteiger partial charge >= 0.3 is 12.4 Å². The van der Waals surface area contributed by atoms with Gasteiger partial charge in [-0.15, -0.1) is 0 Å². The molecule has 0 saturated carbocycles. The molecule has 0 aliphatic carbocycles. The first kappa shape index (κ1) is 19.5. The van der Waals surface area contributed by atoms with E-state index in [0.29, 0.717) is 11.9 Å². The Balaban J connectivity index is 2.55. The average molecular weight is 381 g/mol. The second-order valence-electron chi connectivity index (χ2n) is 5.33. The first-order valence-electron chi connectivity index (χ1n) is 7.14. The highest BCUT2D eigenvalue weighted by Gasteiger charge is 2.38. The maximum atomic E-state index is 13.3. The van der Waals surface area contributed by atoms with Crippen LogP contribution in [0.4, 0.5) is 26.3 Å². The number of rotatable bonds is 5. The predicted octanol–water partition coefficient (Wildman–Crippen LogP) is 2.88. The van der Waals surface area contributed by atoms with Gasteiger partial charge in [-0.05, 0) is 6.92 Å². The van der Waals surface area contributed by atoms with Crippen LogP contribution in [0.15, 0.2) is 17.2 Å². The highest BCUT2D eigenvalue weighted by Crippen LogP contribution is 2.31. The van der Waals surface area contributed by atoms with Gasteiger partial charge in [-0.25, -0.2) is 4.98 Å². The number of aromatic amines is 1. The minimum atomic E-state index is -5.00. The number of fused-ring (bicyclic) bond motifs is 1. The van der Waals surface area contributed by atoms with Gasteiger partial charge in [0.05, 0.1) is 12.0 Å². The molecule has 2 aromatic rings. The van der Waals surface area contributed by atoms with Crippen LogP contribution >= 0.6 is 0 Å².